The minimum atomic E-state index is -0.452. The van der Waals surface area contributed by atoms with E-state index in [1.54, 1.807) is 41.8 Å². The molecular formula is C26H25BrN4O3. The minimum Gasteiger partial charge on any atom is -0.497 e. The number of ether oxygens (including phenoxy) is 1. The molecule has 4 rings (SSSR count). The van der Waals surface area contributed by atoms with Crippen molar-refractivity contribution in [2.24, 2.45) is 0 Å². The largest absolute Gasteiger partial charge is 0.497 e. The van der Waals surface area contributed by atoms with Crippen molar-refractivity contribution in [3.05, 3.63) is 93.4 Å². The molecule has 1 N–H and O–H groups in total. The number of hydrogen-bond donors (Lipinski definition) is 1. The van der Waals surface area contributed by atoms with Crippen LogP contribution in [-0.4, -0.2) is 34.6 Å². The molecule has 174 valence electrons. The predicted molar refractivity (Wildman–Crippen MR) is 138 cm³/mol. The first kappa shape index (κ1) is 23.5. The lowest BCUT2D eigenvalue weighted by atomic mass is 10.1. The van der Waals surface area contributed by atoms with E-state index in [0.717, 1.165) is 4.47 Å². The molecule has 2 amide bonds. The third kappa shape index (κ3) is 4.68. The summed E-state index contributed by atoms with van der Waals surface area (Å²) in [5.41, 5.74) is 1.71. The smallest absolute Gasteiger partial charge is 0.322 e. The lowest BCUT2D eigenvalue weighted by molar-refractivity contribution is 0.199. The number of methoxy groups -OCH3 is 1. The summed E-state index contributed by atoms with van der Waals surface area (Å²) in [6, 6.07) is 21.1. The number of hydrogen-bond acceptors (Lipinski definition) is 4. The molecule has 34 heavy (non-hydrogen) atoms. The maximum Gasteiger partial charge on any atom is 0.322 e. The Bertz CT molecular complexity index is 1390. The van der Waals surface area contributed by atoms with Crippen molar-refractivity contribution in [3.63, 3.8) is 0 Å². The van der Waals surface area contributed by atoms with Crippen LogP contribution in [-0.2, 0) is 0 Å². The number of benzene rings is 3. The zero-order valence-electron chi connectivity index (χ0n) is 19.2. The van der Waals surface area contributed by atoms with E-state index < -0.39 is 6.04 Å². The second-order valence-electron chi connectivity index (χ2n) is 7.80. The SMILES string of the molecule is CCC(c1nc2ccccc2c(=O)n1-c1ccc(Br)cc1)N(C)C(=O)Nc1cccc(OC)c1. The van der Waals surface area contributed by atoms with E-state index in [-0.39, 0.29) is 11.6 Å². The molecule has 1 aromatic heterocycles. The standard InChI is InChI=1S/C26H25BrN4O3/c1-4-23(30(2)26(33)28-18-8-7-9-20(16-18)34-3)24-29-22-11-6-5-10-21(22)25(32)31(24)19-14-12-17(27)13-15-19/h5-16,23H,4H2,1-3H3,(H,28,33). The third-order valence-corrected chi connectivity index (χ3v) is 6.21. The number of nitrogens with zero attached hydrogens (tertiary/aromatic N) is 3. The summed E-state index contributed by atoms with van der Waals surface area (Å²) in [5, 5.41) is 3.43. The van der Waals surface area contributed by atoms with Crippen LogP contribution in [0, 0.1) is 0 Å². The Kier molecular flexibility index (Phi) is 6.98. The molecule has 1 atom stereocenters. The van der Waals surface area contributed by atoms with Gasteiger partial charge in [0.25, 0.3) is 5.56 Å². The number of nitrogens with one attached hydrogen (secondary N) is 1. The minimum absolute atomic E-state index is 0.178. The van der Waals surface area contributed by atoms with Gasteiger partial charge in [0.2, 0.25) is 0 Å². The average Bonchev–Trinajstić information content (AvgIpc) is 2.85. The molecule has 8 heteroatoms. The molecule has 1 heterocycles. The molecule has 0 aliphatic carbocycles. The van der Waals surface area contributed by atoms with Crippen molar-refractivity contribution in [1.82, 2.24) is 14.5 Å². The van der Waals surface area contributed by atoms with E-state index in [4.69, 9.17) is 9.72 Å². The van der Waals surface area contributed by atoms with Gasteiger partial charge in [-0.15, -0.1) is 0 Å². The second kappa shape index (κ2) is 10.1. The van der Waals surface area contributed by atoms with Crippen LogP contribution in [0.5, 0.6) is 5.75 Å². The van der Waals surface area contributed by atoms with Crippen molar-refractivity contribution < 1.29 is 9.53 Å². The maximum atomic E-state index is 13.6. The number of para-hydroxylation sites is 1. The fraction of sp³-hybridized carbons (Fsp3) is 0.192. The Morgan fingerprint density at radius 1 is 1.12 bits per heavy atom. The molecule has 0 aliphatic heterocycles. The highest BCUT2D eigenvalue weighted by Gasteiger charge is 2.26. The number of carbonyl (C=O) groups is 1. The van der Waals surface area contributed by atoms with Gasteiger partial charge in [0.1, 0.15) is 11.6 Å². The highest BCUT2D eigenvalue weighted by Crippen LogP contribution is 2.26. The van der Waals surface area contributed by atoms with Crippen molar-refractivity contribution in [2.75, 3.05) is 19.5 Å². The first-order valence-corrected chi connectivity index (χ1v) is 11.7. The molecule has 0 aliphatic rings. The van der Waals surface area contributed by atoms with E-state index in [9.17, 15) is 9.59 Å². The number of aromatic nitrogens is 2. The van der Waals surface area contributed by atoms with Crippen molar-refractivity contribution in [1.29, 1.82) is 0 Å². The molecule has 7 nitrogen and oxygen atoms in total. The first-order chi connectivity index (χ1) is 16.4. The highest BCUT2D eigenvalue weighted by molar-refractivity contribution is 9.10. The lowest BCUT2D eigenvalue weighted by Crippen LogP contribution is -2.38. The van der Waals surface area contributed by atoms with Gasteiger partial charge < -0.3 is 15.0 Å². The number of urea groups is 1. The molecule has 0 spiro atoms. The normalized spacial score (nSPS) is 11.8. The summed E-state index contributed by atoms with van der Waals surface area (Å²) in [6.07, 6.45) is 0.559. The highest BCUT2D eigenvalue weighted by atomic mass is 79.9. The van der Waals surface area contributed by atoms with Crippen LogP contribution >= 0.6 is 15.9 Å². The summed E-state index contributed by atoms with van der Waals surface area (Å²) >= 11 is 3.45. The molecule has 3 aromatic carbocycles. The van der Waals surface area contributed by atoms with Crippen LogP contribution in [0.1, 0.15) is 25.2 Å². The molecule has 0 radical (unpaired) electrons. The van der Waals surface area contributed by atoms with Crippen LogP contribution in [0.25, 0.3) is 16.6 Å². The summed E-state index contributed by atoms with van der Waals surface area (Å²) in [6.45, 7) is 1.97. The molecule has 0 bridgehead atoms. The van der Waals surface area contributed by atoms with Crippen LogP contribution in [0.4, 0.5) is 10.5 Å². The van der Waals surface area contributed by atoms with Gasteiger partial charge >= 0.3 is 6.03 Å². The topological polar surface area (TPSA) is 76.5 Å². The van der Waals surface area contributed by atoms with Gasteiger partial charge in [0, 0.05) is 23.3 Å². The monoisotopic (exact) mass is 520 g/mol. The zero-order chi connectivity index (χ0) is 24.2. The predicted octanol–water partition coefficient (Wildman–Crippen LogP) is 5.77. The van der Waals surface area contributed by atoms with Crippen LogP contribution in [0.2, 0.25) is 0 Å². The summed E-state index contributed by atoms with van der Waals surface area (Å²) in [4.78, 5) is 33.2. The number of fused-ring (bicyclic) bond motifs is 1. The van der Waals surface area contributed by atoms with Gasteiger partial charge in [-0.1, -0.05) is 41.1 Å². The quantitative estimate of drug-likeness (QED) is 0.350. The van der Waals surface area contributed by atoms with Crippen molar-refractivity contribution in [3.8, 4) is 11.4 Å². The molecule has 0 fully saturated rings. The maximum absolute atomic E-state index is 13.6. The first-order valence-electron chi connectivity index (χ1n) is 10.9. The van der Waals surface area contributed by atoms with E-state index >= 15 is 0 Å². The molecule has 0 saturated carbocycles. The van der Waals surface area contributed by atoms with Crippen LogP contribution < -0.4 is 15.6 Å². The van der Waals surface area contributed by atoms with Gasteiger partial charge in [0.15, 0.2) is 0 Å². The van der Waals surface area contributed by atoms with Gasteiger partial charge in [-0.05, 0) is 55.0 Å². The average molecular weight is 521 g/mol. The Morgan fingerprint density at radius 3 is 2.56 bits per heavy atom. The van der Waals surface area contributed by atoms with Crippen molar-refractivity contribution in [2.45, 2.75) is 19.4 Å². The van der Waals surface area contributed by atoms with Gasteiger partial charge in [-0.3, -0.25) is 9.36 Å². The zero-order valence-corrected chi connectivity index (χ0v) is 20.7. The lowest BCUT2D eigenvalue weighted by Gasteiger charge is -2.29. The second-order valence-corrected chi connectivity index (χ2v) is 8.72. The number of carbonyl (C=O) groups excluding carboxylic acids is 1. The summed E-state index contributed by atoms with van der Waals surface area (Å²) in [5.74, 6) is 1.14. The molecule has 1 unspecified atom stereocenters. The van der Waals surface area contributed by atoms with Gasteiger partial charge in [-0.2, -0.15) is 0 Å². The number of rotatable bonds is 6. The van der Waals surface area contributed by atoms with Crippen molar-refractivity contribution >= 4 is 38.6 Å². The van der Waals surface area contributed by atoms with Gasteiger partial charge in [0.05, 0.1) is 29.7 Å². The van der Waals surface area contributed by atoms with E-state index in [1.807, 2.05) is 61.5 Å². The Hall–Kier alpha value is -3.65. The number of halogens is 1. The fourth-order valence-corrected chi connectivity index (χ4v) is 4.16. The summed E-state index contributed by atoms with van der Waals surface area (Å²) < 4.78 is 7.75. The van der Waals surface area contributed by atoms with E-state index in [0.29, 0.717) is 40.3 Å². The molecule has 4 aromatic rings. The summed E-state index contributed by atoms with van der Waals surface area (Å²) in [7, 11) is 3.28. The Morgan fingerprint density at radius 2 is 1.85 bits per heavy atom. The fourth-order valence-electron chi connectivity index (χ4n) is 3.90. The Labute approximate surface area is 206 Å². The molecule has 0 saturated heterocycles. The van der Waals surface area contributed by atoms with Crippen LogP contribution in [0.15, 0.2) is 82.1 Å². The number of anilines is 1. The number of amides is 2. The Balaban J connectivity index is 1.79. The van der Waals surface area contributed by atoms with E-state index in [1.165, 1.54) is 0 Å². The van der Waals surface area contributed by atoms with Gasteiger partial charge in [-0.25, -0.2) is 9.78 Å². The third-order valence-electron chi connectivity index (χ3n) is 5.68. The molecular weight excluding hydrogens is 496 g/mol. The van der Waals surface area contributed by atoms with E-state index in [2.05, 4.69) is 21.2 Å². The van der Waals surface area contributed by atoms with Crippen LogP contribution in [0.3, 0.4) is 0 Å².